The second-order valence-electron chi connectivity index (χ2n) is 5.45. The molecule has 0 saturated carbocycles. The molecule has 1 heterocycles. The quantitative estimate of drug-likeness (QED) is 0.736. The summed E-state index contributed by atoms with van der Waals surface area (Å²) in [6, 6.07) is 15.2. The molecule has 2 aromatic rings. The number of hydrogen-bond acceptors (Lipinski definition) is 5. The van der Waals surface area contributed by atoms with E-state index in [0.29, 0.717) is 11.1 Å². The van der Waals surface area contributed by atoms with E-state index in [-0.39, 0.29) is 19.0 Å². The molecule has 120 valence electrons. The number of fused-ring (bicyclic) bond motifs is 2. The van der Waals surface area contributed by atoms with Gasteiger partial charge < -0.3 is 10.2 Å². The third-order valence-electron chi connectivity index (χ3n) is 4.12. The maximum absolute atomic E-state index is 12.8. The number of ketones is 1. The highest BCUT2D eigenvalue weighted by Gasteiger charge is 2.31. The Morgan fingerprint density at radius 1 is 0.708 bits per heavy atom. The Hall–Kier alpha value is -1.79. The second kappa shape index (κ2) is 6.26. The summed E-state index contributed by atoms with van der Waals surface area (Å²) in [4.78, 5) is 14.3. The van der Waals surface area contributed by atoms with Crippen LogP contribution in [0, 0.1) is 0 Å². The molecule has 3 nitrogen and oxygen atoms in total. The van der Waals surface area contributed by atoms with Gasteiger partial charge in [-0.3, -0.25) is 4.79 Å². The topological polar surface area (TPSA) is 57.5 Å². The minimum Gasteiger partial charge on any atom is -0.391 e. The van der Waals surface area contributed by atoms with Crippen LogP contribution < -0.4 is 0 Å². The second-order valence-corrected chi connectivity index (χ2v) is 7.92. The summed E-state index contributed by atoms with van der Waals surface area (Å²) >= 11 is 2.96. The smallest absolute Gasteiger partial charge is 0.194 e. The molecular formula is C19H14O3S2. The van der Waals surface area contributed by atoms with E-state index in [1.54, 1.807) is 0 Å². The van der Waals surface area contributed by atoms with Gasteiger partial charge in [-0.05, 0) is 11.1 Å². The van der Waals surface area contributed by atoms with Gasteiger partial charge in [0.25, 0.3) is 0 Å². The zero-order valence-corrected chi connectivity index (χ0v) is 14.3. The van der Waals surface area contributed by atoms with Gasteiger partial charge in [-0.15, -0.1) is 0 Å². The van der Waals surface area contributed by atoms with Crippen LogP contribution in [0.5, 0.6) is 0 Å². The third-order valence-corrected chi connectivity index (χ3v) is 6.77. The highest BCUT2D eigenvalue weighted by Crippen LogP contribution is 2.54. The fourth-order valence-electron chi connectivity index (χ4n) is 3.01. The van der Waals surface area contributed by atoms with E-state index in [1.165, 1.54) is 23.5 Å². The maximum Gasteiger partial charge on any atom is 0.194 e. The van der Waals surface area contributed by atoms with Crippen molar-refractivity contribution in [2.45, 2.75) is 0 Å². The van der Waals surface area contributed by atoms with Gasteiger partial charge in [-0.2, -0.15) is 0 Å². The van der Waals surface area contributed by atoms with Gasteiger partial charge >= 0.3 is 0 Å². The first-order valence-corrected chi connectivity index (χ1v) is 9.15. The summed E-state index contributed by atoms with van der Waals surface area (Å²) < 4.78 is 0.996. The lowest BCUT2D eigenvalue weighted by Crippen LogP contribution is -2.14. The van der Waals surface area contributed by atoms with Crippen molar-refractivity contribution in [1.29, 1.82) is 0 Å². The number of rotatable bonds is 2. The van der Waals surface area contributed by atoms with E-state index in [0.717, 1.165) is 30.7 Å². The Morgan fingerprint density at radius 3 is 1.54 bits per heavy atom. The van der Waals surface area contributed by atoms with Crippen LogP contribution in [-0.4, -0.2) is 29.2 Å². The first-order valence-electron chi connectivity index (χ1n) is 7.51. The number of carbonyl (C=O) groups is 1. The third kappa shape index (κ3) is 2.36. The molecule has 4 rings (SSSR count). The molecule has 2 N–H and O–H groups in total. The Balaban J connectivity index is 1.96. The highest BCUT2D eigenvalue weighted by atomic mass is 32.2. The molecule has 0 bridgehead atoms. The molecule has 2 aromatic carbocycles. The average molecular weight is 354 g/mol. The van der Waals surface area contributed by atoms with Crippen molar-refractivity contribution < 1.29 is 15.0 Å². The molecule has 1 aliphatic carbocycles. The van der Waals surface area contributed by atoms with E-state index in [4.69, 9.17) is 0 Å². The van der Waals surface area contributed by atoms with Gasteiger partial charge in [0.15, 0.2) is 5.78 Å². The molecule has 1 aliphatic heterocycles. The number of aliphatic hydroxyl groups is 2. The molecule has 24 heavy (non-hydrogen) atoms. The molecule has 0 amide bonds. The largest absolute Gasteiger partial charge is 0.391 e. The van der Waals surface area contributed by atoms with Crippen molar-refractivity contribution in [3.8, 4) is 0 Å². The van der Waals surface area contributed by atoms with Crippen LogP contribution in [0.25, 0.3) is 5.57 Å². The zero-order chi connectivity index (χ0) is 16.7. The van der Waals surface area contributed by atoms with E-state index >= 15 is 0 Å². The molecule has 0 saturated heterocycles. The minimum atomic E-state index is -0.0907. The van der Waals surface area contributed by atoms with Gasteiger partial charge in [-0.1, -0.05) is 72.1 Å². The number of carbonyl (C=O) groups excluding carboxylic acids is 1. The van der Waals surface area contributed by atoms with E-state index in [2.05, 4.69) is 0 Å². The lowest BCUT2D eigenvalue weighted by Gasteiger charge is -2.23. The lowest BCUT2D eigenvalue weighted by atomic mass is 9.82. The van der Waals surface area contributed by atoms with Crippen molar-refractivity contribution in [2.24, 2.45) is 0 Å². The van der Waals surface area contributed by atoms with Crippen LogP contribution in [0.15, 0.2) is 62.6 Å². The molecule has 0 radical (unpaired) electrons. The Kier molecular flexibility index (Phi) is 4.10. The summed E-state index contributed by atoms with van der Waals surface area (Å²) in [5.74, 6) is 0.0382. The summed E-state index contributed by atoms with van der Waals surface area (Å²) in [5.41, 5.74) is 4.22. The predicted molar refractivity (Wildman–Crippen MR) is 98.7 cm³/mol. The van der Waals surface area contributed by atoms with Gasteiger partial charge in [0.05, 0.1) is 17.5 Å². The SMILES string of the molecule is O=C1c2ccccc2C(=C2SC(CO)=C(CO)S2)c2ccccc21. The monoisotopic (exact) mass is 354 g/mol. The standard InChI is InChI=1S/C19H14O3S2/c20-9-15-16(10-21)24-19(23-15)17-11-5-1-3-7-13(11)18(22)14-8-4-2-6-12(14)17/h1-8,20-21H,9-10H2. The summed E-state index contributed by atoms with van der Waals surface area (Å²) in [6.45, 7) is -0.181. The van der Waals surface area contributed by atoms with Gasteiger partial charge in [0, 0.05) is 26.5 Å². The van der Waals surface area contributed by atoms with Crippen molar-refractivity contribution in [2.75, 3.05) is 13.2 Å². The molecule has 2 aliphatic rings. The summed E-state index contributed by atoms with van der Waals surface area (Å²) in [6.07, 6.45) is 0. The number of hydrogen-bond donors (Lipinski definition) is 2. The fraction of sp³-hybridized carbons (Fsp3) is 0.105. The Morgan fingerprint density at radius 2 is 1.12 bits per heavy atom. The molecule has 0 aromatic heterocycles. The number of thioether (sulfide) groups is 2. The van der Waals surface area contributed by atoms with Gasteiger partial charge in [0.1, 0.15) is 0 Å². The Labute approximate surface area is 148 Å². The molecule has 0 unspecified atom stereocenters. The van der Waals surface area contributed by atoms with E-state index in [9.17, 15) is 15.0 Å². The fourth-order valence-corrected chi connectivity index (χ4v) is 5.61. The van der Waals surface area contributed by atoms with Crippen molar-refractivity contribution >= 4 is 34.9 Å². The summed E-state index contributed by atoms with van der Waals surface area (Å²) in [7, 11) is 0. The van der Waals surface area contributed by atoms with E-state index < -0.39 is 0 Å². The van der Waals surface area contributed by atoms with Crippen LogP contribution in [0.1, 0.15) is 27.0 Å². The Bertz CT molecular complexity index is 843. The summed E-state index contributed by atoms with van der Waals surface area (Å²) in [5, 5.41) is 19.1. The van der Waals surface area contributed by atoms with Crippen LogP contribution >= 0.6 is 23.5 Å². The van der Waals surface area contributed by atoms with E-state index in [1.807, 2.05) is 48.5 Å². The van der Waals surface area contributed by atoms with Crippen LogP contribution in [0.4, 0.5) is 0 Å². The molecule has 0 spiro atoms. The minimum absolute atomic E-state index is 0.0382. The normalized spacial score (nSPS) is 16.5. The van der Waals surface area contributed by atoms with Crippen LogP contribution in [0.3, 0.4) is 0 Å². The van der Waals surface area contributed by atoms with Crippen LogP contribution in [-0.2, 0) is 0 Å². The molecule has 0 fully saturated rings. The predicted octanol–water partition coefficient (Wildman–Crippen LogP) is 3.62. The first kappa shape index (κ1) is 15.7. The molecule has 5 heteroatoms. The van der Waals surface area contributed by atoms with Gasteiger partial charge in [-0.25, -0.2) is 0 Å². The van der Waals surface area contributed by atoms with Crippen LogP contribution in [0.2, 0.25) is 0 Å². The molecular weight excluding hydrogens is 340 g/mol. The molecule has 0 atom stereocenters. The maximum atomic E-state index is 12.8. The highest BCUT2D eigenvalue weighted by molar-refractivity contribution is 8.28. The number of aliphatic hydroxyl groups excluding tert-OH is 2. The lowest BCUT2D eigenvalue weighted by molar-refractivity contribution is 0.103. The zero-order valence-electron chi connectivity index (χ0n) is 12.7. The van der Waals surface area contributed by atoms with Crippen molar-refractivity contribution in [1.82, 2.24) is 0 Å². The first-order chi connectivity index (χ1) is 11.7. The van der Waals surface area contributed by atoms with Crippen molar-refractivity contribution in [3.63, 3.8) is 0 Å². The van der Waals surface area contributed by atoms with Gasteiger partial charge in [0.2, 0.25) is 0 Å². The number of benzene rings is 2. The average Bonchev–Trinajstić information content (AvgIpc) is 3.05. The van der Waals surface area contributed by atoms with Crippen molar-refractivity contribution in [3.05, 3.63) is 84.8 Å².